The maximum atomic E-state index is 11.0. The van der Waals surface area contributed by atoms with Gasteiger partial charge in [0.1, 0.15) is 17.9 Å². The molecular weight excluding hydrogens is 266 g/mol. The number of hydrogen-bond acceptors (Lipinski definition) is 7. The normalized spacial score (nSPS) is 10.4. The largest absolute Gasteiger partial charge is 0.417 e. The van der Waals surface area contributed by atoms with Crippen LogP contribution in [-0.2, 0) is 9.05 Å². The second-order valence-corrected chi connectivity index (χ2v) is 3.49. The van der Waals surface area contributed by atoms with Gasteiger partial charge in [0.05, 0.1) is 0 Å². The lowest BCUT2D eigenvalue weighted by Gasteiger charge is -2.09. The Balaban J connectivity index is 4.00. The van der Waals surface area contributed by atoms with Crippen LogP contribution in [0.15, 0.2) is 4.99 Å². The quantitative estimate of drug-likeness (QED) is 0.221. The van der Waals surface area contributed by atoms with Crippen molar-refractivity contribution >= 4 is 52.0 Å². The van der Waals surface area contributed by atoms with Crippen molar-refractivity contribution in [1.82, 2.24) is 20.6 Å². The van der Waals surface area contributed by atoms with Crippen molar-refractivity contribution in [2.24, 2.45) is 4.99 Å². The number of amides is 2. The summed E-state index contributed by atoms with van der Waals surface area (Å²) in [5.74, 6) is -0.136. The minimum atomic E-state index is -0.832. The van der Waals surface area contributed by atoms with Crippen molar-refractivity contribution in [3.8, 4) is 0 Å². The Labute approximate surface area is 104 Å². The second kappa shape index (κ2) is 10.3. The highest BCUT2D eigenvalue weighted by molar-refractivity contribution is 7.32. The fraction of sp³-hybridized carbons (Fsp3) is 0.250. The smallest absolute Gasteiger partial charge is 0.416 e. The molecule has 9 nitrogen and oxygen atoms in total. The molecular formula is C4H9B2N5O4P2. The highest BCUT2D eigenvalue weighted by atomic mass is 31.1. The molecule has 0 aromatic heterocycles. The van der Waals surface area contributed by atoms with Crippen LogP contribution >= 0.6 is 17.9 Å². The molecule has 0 aliphatic rings. The van der Waals surface area contributed by atoms with Crippen LogP contribution in [-0.4, -0.2) is 41.2 Å². The van der Waals surface area contributed by atoms with Gasteiger partial charge in [-0.25, -0.2) is 9.59 Å². The second-order valence-electron chi connectivity index (χ2n) is 2.09. The molecule has 0 heterocycles. The Kier molecular flexibility index (Phi) is 9.75. The maximum Gasteiger partial charge on any atom is 0.417 e. The summed E-state index contributed by atoms with van der Waals surface area (Å²) in [5, 5.41) is 4.30. The standard InChI is InChI=1S/C4H9B2N5O4P2/c1-7-2(8-3(12)14-16-10-5)9-4(13)15-17-11-6/h10-11,16-17H,1H3,(H2,7,8,9,12,13). The average Bonchev–Trinajstić information content (AvgIpc) is 2.32. The van der Waals surface area contributed by atoms with Crippen molar-refractivity contribution in [2.75, 3.05) is 7.05 Å². The van der Waals surface area contributed by atoms with E-state index in [-0.39, 0.29) is 5.96 Å². The maximum absolute atomic E-state index is 11.0. The molecule has 4 N–H and O–H groups in total. The molecule has 0 aliphatic heterocycles. The van der Waals surface area contributed by atoms with Crippen molar-refractivity contribution in [3.05, 3.63) is 0 Å². The van der Waals surface area contributed by atoms with E-state index in [0.717, 1.165) is 0 Å². The Hall–Kier alpha value is -0.880. The van der Waals surface area contributed by atoms with Gasteiger partial charge >= 0.3 is 12.2 Å². The minimum Gasteiger partial charge on any atom is -0.416 e. The number of hydrogen-bond donors (Lipinski definition) is 4. The van der Waals surface area contributed by atoms with E-state index in [0.29, 0.717) is 0 Å². The first-order chi connectivity index (χ1) is 8.13. The zero-order valence-corrected chi connectivity index (χ0v) is 10.7. The third kappa shape index (κ3) is 8.88. The zero-order valence-electron chi connectivity index (χ0n) is 8.73. The summed E-state index contributed by atoms with van der Waals surface area (Å²) in [6.07, 6.45) is -1.66. The Morgan fingerprint density at radius 1 is 1.06 bits per heavy atom. The lowest BCUT2D eigenvalue weighted by Crippen LogP contribution is -2.43. The fourth-order valence-corrected chi connectivity index (χ4v) is 0.944. The fourth-order valence-electron chi connectivity index (χ4n) is 0.539. The Morgan fingerprint density at radius 2 is 1.47 bits per heavy atom. The number of rotatable bonds is 4. The molecule has 0 saturated heterocycles. The van der Waals surface area contributed by atoms with E-state index in [1.165, 1.54) is 7.05 Å². The average molecular weight is 275 g/mol. The molecule has 0 aromatic rings. The molecule has 0 saturated carbocycles. The van der Waals surface area contributed by atoms with E-state index in [4.69, 9.17) is 16.0 Å². The van der Waals surface area contributed by atoms with Gasteiger partial charge in [0.15, 0.2) is 16.0 Å². The van der Waals surface area contributed by atoms with Gasteiger partial charge in [-0.1, -0.05) is 0 Å². The summed E-state index contributed by atoms with van der Waals surface area (Å²) >= 11 is 0. The lowest BCUT2D eigenvalue weighted by atomic mass is 10.5. The first-order valence-electron chi connectivity index (χ1n) is 3.97. The van der Waals surface area contributed by atoms with E-state index in [9.17, 15) is 9.59 Å². The van der Waals surface area contributed by atoms with Gasteiger partial charge in [-0.3, -0.25) is 15.6 Å². The number of nitrogens with one attached hydrogen (secondary N) is 4. The highest BCUT2D eigenvalue weighted by Crippen LogP contribution is 2.03. The zero-order chi connectivity index (χ0) is 13.1. The van der Waals surface area contributed by atoms with Gasteiger partial charge in [-0.05, 0) is 0 Å². The van der Waals surface area contributed by atoms with Crippen molar-refractivity contribution < 1.29 is 18.6 Å². The summed E-state index contributed by atoms with van der Waals surface area (Å²) in [6, 6.07) is 0. The number of carbonyl (C=O) groups excluding carboxylic acids is 2. The van der Waals surface area contributed by atoms with Gasteiger partial charge in [-0.2, -0.15) is 0 Å². The predicted molar refractivity (Wildman–Crippen MR) is 67.0 cm³/mol. The summed E-state index contributed by atoms with van der Waals surface area (Å²) in [5.41, 5.74) is 0. The van der Waals surface area contributed by atoms with Crippen molar-refractivity contribution in [3.63, 3.8) is 0 Å². The van der Waals surface area contributed by atoms with Crippen LogP contribution in [0.4, 0.5) is 9.59 Å². The van der Waals surface area contributed by atoms with Gasteiger partial charge in [0, 0.05) is 7.05 Å². The molecule has 90 valence electrons. The molecule has 2 atom stereocenters. The summed E-state index contributed by atoms with van der Waals surface area (Å²) in [7, 11) is 10.3. The number of aliphatic imine (C=N–C) groups is 1. The minimum absolute atomic E-state index is 0.136. The van der Waals surface area contributed by atoms with Crippen LogP contribution in [0.25, 0.3) is 0 Å². The molecule has 0 aromatic carbocycles. The summed E-state index contributed by atoms with van der Waals surface area (Å²) in [4.78, 5) is 29.9. The molecule has 2 amide bonds. The molecule has 4 radical (unpaired) electrons. The highest BCUT2D eigenvalue weighted by Gasteiger charge is 2.10. The van der Waals surface area contributed by atoms with E-state index < -0.39 is 30.1 Å². The molecule has 0 bridgehead atoms. The molecule has 0 spiro atoms. The van der Waals surface area contributed by atoms with Crippen LogP contribution in [0.3, 0.4) is 0 Å². The van der Waals surface area contributed by atoms with Crippen LogP contribution in [0, 0.1) is 0 Å². The van der Waals surface area contributed by atoms with Crippen molar-refractivity contribution in [2.45, 2.75) is 0 Å². The van der Waals surface area contributed by atoms with E-state index in [1.54, 1.807) is 0 Å². The Bertz CT molecular complexity index is 269. The first kappa shape index (κ1) is 16.1. The lowest BCUT2D eigenvalue weighted by molar-refractivity contribution is 0.209. The first-order valence-corrected chi connectivity index (χ1v) is 5.79. The van der Waals surface area contributed by atoms with Crippen LogP contribution in [0.5, 0.6) is 0 Å². The topological polar surface area (TPSA) is 113 Å². The van der Waals surface area contributed by atoms with Gasteiger partial charge in [0.25, 0.3) is 0 Å². The predicted octanol–water partition coefficient (Wildman–Crippen LogP) is -1.21. The van der Waals surface area contributed by atoms with Gasteiger partial charge in [-0.15, -0.1) is 0 Å². The van der Waals surface area contributed by atoms with E-state index >= 15 is 0 Å². The number of guanidine groups is 1. The molecule has 13 heteroatoms. The van der Waals surface area contributed by atoms with Crippen LogP contribution in [0.1, 0.15) is 0 Å². The third-order valence-corrected chi connectivity index (χ3v) is 1.88. The summed E-state index contributed by atoms with van der Waals surface area (Å²) < 4.78 is 9.05. The molecule has 17 heavy (non-hydrogen) atoms. The number of carbonyl (C=O) groups is 2. The molecule has 0 aliphatic carbocycles. The number of nitrogens with zero attached hydrogens (tertiary/aromatic N) is 1. The summed E-state index contributed by atoms with van der Waals surface area (Å²) in [6.45, 7) is 0. The van der Waals surface area contributed by atoms with Gasteiger partial charge in [0.2, 0.25) is 5.96 Å². The Morgan fingerprint density at radius 3 is 1.76 bits per heavy atom. The van der Waals surface area contributed by atoms with Crippen LogP contribution < -0.4 is 20.6 Å². The van der Waals surface area contributed by atoms with Crippen molar-refractivity contribution in [1.29, 1.82) is 0 Å². The molecule has 0 fully saturated rings. The monoisotopic (exact) mass is 275 g/mol. The van der Waals surface area contributed by atoms with E-state index in [1.807, 2.05) is 0 Å². The molecule has 2 unspecified atom stereocenters. The van der Waals surface area contributed by atoms with Gasteiger partial charge < -0.3 is 19.0 Å². The molecule has 0 rings (SSSR count). The third-order valence-electron chi connectivity index (χ3n) is 1.07. The SMILES string of the molecule is [B]NPOC(=O)NC(=NC)NC(=O)OPN[B]. The van der Waals surface area contributed by atoms with E-state index in [2.05, 4.69) is 34.7 Å². The van der Waals surface area contributed by atoms with Crippen LogP contribution in [0.2, 0.25) is 0 Å².